The first kappa shape index (κ1) is 19.6. The fraction of sp³-hybridized carbons (Fsp3) is 0.318. The van der Waals surface area contributed by atoms with Crippen molar-refractivity contribution in [3.05, 3.63) is 59.7 Å². The van der Waals surface area contributed by atoms with Crippen molar-refractivity contribution in [1.29, 1.82) is 0 Å². The lowest BCUT2D eigenvalue weighted by Gasteiger charge is -2.31. The average Bonchev–Trinajstić information content (AvgIpc) is 2.71. The van der Waals surface area contributed by atoms with Gasteiger partial charge in [0.2, 0.25) is 11.8 Å². The monoisotopic (exact) mass is 380 g/mol. The smallest absolute Gasteiger partial charge is 0.338 e. The van der Waals surface area contributed by atoms with Crippen LogP contribution in [-0.4, -0.2) is 37.5 Å². The standard InChI is InChI=1S/C22H24N2O4/c1-3-28-22(27)18-10-12-19(13-11-18)24(16(2)25)15-21(26)23-14-6-8-17-7-4-5-9-20(17)23/h4-5,7,9-13H,3,6,8,14-15H2,1-2H3. The molecule has 0 bridgehead atoms. The first-order valence-electron chi connectivity index (χ1n) is 9.44. The van der Waals surface area contributed by atoms with Crippen molar-refractivity contribution in [3.63, 3.8) is 0 Å². The Morgan fingerprint density at radius 2 is 1.79 bits per heavy atom. The number of esters is 1. The van der Waals surface area contributed by atoms with E-state index < -0.39 is 5.97 Å². The number of hydrogen-bond donors (Lipinski definition) is 0. The summed E-state index contributed by atoms with van der Waals surface area (Å²) < 4.78 is 4.97. The van der Waals surface area contributed by atoms with Gasteiger partial charge in [-0.2, -0.15) is 0 Å². The number of carbonyl (C=O) groups is 3. The summed E-state index contributed by atoms with van der Waals surface area (Å²) >= 11 is 0. The highest BCUT2D eigenvalue weighted by atomic mass is 16.5. The van der Waals surface area contributed by atoms with Crippen LogP contribution in [0.25, 0.3) is 0 Å². The number of anilines is 2. The molecule has 28 heavy (non-hydrogen) atoms. The van der Waals surface area contributed by atoms with Gasteiger partial charge in [-0.25, -0.2) is 4.79 Å². The SMILES string of the molecule is CCOC(=O)c1ccc(N(CC(=O)N2CCCc3ccccc32)C(C)=O)cc1. The molecule has 146 valence electrons. The summed E-state index contributed by atoms with van der Waals surface area (Å²) in [5, 5.41) is 0. The van der Waals surface area contributed by atoms with Crippen LogP contribution in [0.3, 0.4) is 0 Å². The van der Waals surface area contributed by atoms with Crippen LogP contribution in [-0.2, 0) is 20.7 Å². The second-order valence-corrected chi connectivity index (χ2v) is 6.65. The van der Waals surface area contributed by atoms with Crippen LogP contribution in [0.5, 0.6) is 0 Å². The van der Waals surface area contributed by atoms with Crippen LogP contribution in [0, 0.1) is 0 Å². The number of fused-ring (bicyclic) bond motifs is 1. The molecular weight excluding hydrogens is 356 g/mol. The van der Waals surface area contributed by atoms with E-state index in [1.165, 1.54) is 11.8 Å². The summed E-state index contributed by atoms with van der Waals surface area (Å²) in [5.74, 6) is -0.774. The van der Waals surface area contributed by atoms with Crippen LogP contribution in [0.2, 0.25) is 0 Å². The lowest BCUT2D eigenvalue weighted by Crippen LogP contribution is -2.44. The third-order valence-corrected chi connectivity index (χ3v) is 4.77. The predicted octanol–water partition coefficient (Wildman–Crippen LogP) is 3.20. The second kappa shape index (κ2) is 8.69. The highest BCUT2D eigenvalue weighted by molar-refractivity contribution is 6.03. The molecule has 0 atom stereocenters. The van der Waals surface area contributed by atoms with Crippen molar-refractivity contribution in [2.75, 3.05) is 29.5 Å². The van der Waals surface area contributed by atoms with E-state index >= 15 is 0 Å². The molecule has 0 N–H and O–H groups in total. The number of para-hydroxylation sites is 1. The Bertz CT molecular complexity index is 876. The Labute approximate surface area is 164 Å². The summed E-state index contributed by atoms with van der Waals surface area (Å²) in [6, 6.07) is 14.4. The van der Waals surface area contributed by atoms with Gasteiger partial charge in [-0.1, -0.05) is 18.2 Å². The number of rotatable bonds is 5. The molecule has 6 nitrogen and oxygen atoms in total. The van der Waals surface area contributed by atoms with Crippen LogP contribution in [0.15, 0.2) is 48.5 Å². The van der Waals surface area contributed by atoms with E-state index in [-0.39, 0.29) is 18.4 Å². The van der Waals surface area contributed by atoms with Crippen LogP contribution in [0.4, 0.5) is 11.4 Å². The minimum absolute atomic E-state index is 0.0532. The van der Waals surface area contributed by atoms with Gasteiger partial charge in [-0.3, -0.25) is 9.59 Å². The summed E-state index contributed by atoms with van der Waals surface area (Å²) in [7, 11) is 0. The van der Waals surface area contributed by atoms with E-state index in [0.29, 0.717) is 24.4 Å². The number of nitrogens with zero attached hydrogens (tertiary/aromatic N) is 2. The van der Waals surface area contributed by atoms with Gasteiger partial charge in [0.25, 0.3) is 0 Å². The first-order chi connectivity index (χ1) is 13.5. The van der Waals surface area contributed by atoms with Gasteiger partial charge < -0.3 is 14.5 Å². The maximum atomic E-state index is 13.0. The van der Waals surface area contributed by atoms with Crippen LogP contribution >= 0.6 is 0 Å². The molecule has 1 aliphatic rings. The highest BCUT2D eigenvalue weighted by Gasteiger charge is 2.25. The molecule has 0 fully saturated rings. The van der Waals surface area contributed by atoms with Crippen molar-refractivity contribution < 1.29 is 19.1 Å². The van der Waals surface area contributed by atoms with Gasteiger partial charge in [0.1, 0.15) is 6.54 Å². The Kier molecular flexibility index (Phi) is 6.09. The van der Waals surface area contributed by atoms with E-state index in [1.807, 2.05) is 24.3 Å². The first-order valence-corrected chi connectivity index (χ1v) is 9.44. The zero-order valence-corrected chi connectivity index (χ0v) is 16.2. The van der Waals surface area contributed by atoms with E-state index in [1.54, 1.807) is 36.1 Å². The van der Waals surface area contributed by atoms with Gasteiger partial charge in [-0.05, 0) is 55.7 Å². The molecule has 6 heteroatoms. The third kappa shape index (κ3) is 4.22. The van der Waals surface area contributed by atoms with Gasteiger partial charge in [0, 0.05) is 24.8 Å². The van der Waals surface area contributed by atoms with Crippen molar-refractivity contribution in [1.82, 2.24) is 0 Å². The molecule has 0 radical (unpaired) electrons. The predicted molar refractivity (Wildman–Crippen MR) is 108 cm³/mol. The average molecular weight is 380 g/mol. The van der Waals surface area contributed by atoms with E-state index in [2.05, 4.69) is 0 Å². The van der Waals surface area contributed by atoms with Gasteiger partial charge in [-0.15, -0.1) is 0 Å². The fourth-order valence-electron chi connectivity index (χ4n) is 3.39. The summed E-state index contributed by atoms with van der Waals surface area (Å²) in [6.45, 7) is 4.06. The Hall–Kier alpha value is -3.15. The molecule has 2 aromatic carbocycles. The molecule has 0 saturated carbocycles. The Morgan fingerprint density at radius 3 is 2.46 bits per heavy atom. The summed E-state index contributed by atoms with van der Waals surface area (Å²) in [4.78, 5) is 40.1. The molecule has 0 spiro atoms. The summed E-state index contributed by atoms with van der Waals surface area (Å²) in [6.07, 6.45) is 1.85. The summed E-state index contributed by atoms with van der Waals surface area (Å²) in [5.41, 5.74) is 3.04. The van der Waals surface area contributed by atoms with Crippen molar-refractivity contribution in [2.24, 2.45) is 0 Å². The minimum atomic E-state index is -0.413. The maximum Gasteiger partial charge on any atom is 0.338 e. The van der Waals surface area contributed by atoms with Gasteiger partial charge in [0.05, 0.1) is 12.2 Å². The zero-order valence-electron chi connectivity index (χ0n) is 16.2. The lowest BCUT2D eigenvalue weighted by atomic mass is 10.0. The molecule has 1 heterocycles. The number of carbonyl (C=O) groups excluding carboxylic acids is 3. The van der Waals surface area contributed by atoms with Crippen LogP contribution in [0.1, 0.15) is 36.2 Å². The van der Waals surface area contributed by atoms with Crippen LogP contribution < -0.4 is 9.80 Å². The number of amides is 2. The van der Waals surface area contributed by atoms with Crippen molar-refractivity contribution in [2.45, 2.75) is 26.7 Å². The molecule has 2 aromatic rings. The number of ether oxygens (including phenoxy) is 1. The van der Waals surface area contributed by atoms with E-state index in [9.17, 15) is 14.4 Å². The molecule has 2 amide bonds. The van der Waals surface area contributed by atoms with Gasteiger partial charge in [0.15, 0.2) is 0 Å². The molecule has 3 rings (SSSR count). The van der Waals surface area contributed by atoms with Gasteiger partial charge >= 0.3 is 5.97 Å². The quantitative estimate of drug-likeness (QED) is 0.747. The normalized spacial score (nSPS) is 12.9. The maximum absolute atomic E-state index is 13.0. The Morgan fingerprint density at radius 1 is 1.07 bits per heavy atom. The largest absolute Gasteiger partial charge is 0.462 e. The van der Waals surface area contributed by atoms with Crippen molar-refractivity contribution in [3.8, 4) is 0 Å². The third-order valence-electron chi connectivity index (χ3n) is 4.77. The molecule has 0 aromatic heterocycles. The topological polar surface area (TPSA) is 66.9 Å². The second-order valence-electron chi connectivity index (χ2n) is 6.65. The molecule has 1 aliphatic heterocycles. The molecular formula is C22H24N2O4. The highest BCUT2D eigenvalue weighted by Crippen LogP contribution is 2.27. The molecule has 0 unspecified atom stereocenters. The Balaban J connectivity index is 1.78. The minimum Gasteiger partial charge on any atom is -0.462 e. The van der Waals surface area contributed by atoms with E-state index in [4.69, 9.17) is 4.74 Å². The molecule has 0 aliphatic carbocycles. The lowest BCUT2D eigenvalue weighted by molar-refractivity contribution is -0.121. The zero-order chi connectivity index (χ0) is 20.1. The number of aryl methyl sites for hydroxylation is 1. The van der Waals surface area contributed by atoms with Crippen molar-refractivity contribution >= 4 is 29.2 Å². The number of benzene rings is 2. The molecule has 0 saturated heterocycles. The van der Waals surface area contributed by atoms with E-state index in [0.717, 1.165) is 24.1 Å². The fourth-order valence-corrected chi connectivity index (χ4v) is 3.39. The number of hydrogen-bond acceptors (Lipinski definition) is 4.